The topological polar surface area (TPSA) is 98.1 Å². The number of allylic oxidation sites excluding steroid dienone is 1. The largest absolute Gasteiger partial charge is 0.423 e. The van der Waals surface area contributed by atoms with Crippen LogP contribution in [-0.4, -0.2) is 26.6 Å². The van der Waals surface area contributed by atoms with Gasteiger partial charge < -0.3 is 15.4 Å². The van der Waals surface area contributed by atoms with Crippen LogP contribution in [0.3, 0.4) is 0 Å². The molecular formula is C26H21N5O3. The van der Waals surface area contributed by atoms with Crippen LogP contribution >= 0.6 is 0 Å². The molecule has 1 aromatic heterocycles. The molecule has 0 saturated heterocycles. The number of fused-ring (bicyclic) bond motifs is 1. The van der Waals surface area contributed by atoms with E-state index in [-0.39, 0.29) is 5.91 Å². The first-order chi connectivity index (χ1) is 16.6. The third kappa shape index (κ3) is 4.16. The fraction of sp³-hybridized carbons (Fsp3) is 0.0769. The van der Waals surface area contributed by atoms with E-state index in [0.29, 0.717) is 34.2 Å². The highest BCUT2D eigenvalue weighted by Gasteiger charge is 2.33. The number of carbonyl (C=O) groups excluding carboxylic acids is 2. The van der Waals surface area contributed by atoms with Gasteiger partial charge in [0.1, 0.15) is 18.1 Å². The molecule has 8 nitrogen and oxygen atoms in total. The van der Waals surface area contributed by atoms with Crippen molar-refractivity contribution in [2.24, 2.45) is 0 Å². The molecule has 1 aliphatic rings. The van der Waals surface area contributed by atoms with Crippen LogP contribution in [0.5, 0.6) is 5.75 Å². The lowest BCUT2D eigenvalue weighted by Crippen LogP contribution is -2.31. The summed E-state index contributed by atoms with van der Waals surface area (Å²) < 4.78 is 7.16. The van der Waals surface area contributed by atoms with Gasteiger partial charge in [0.25, 0.3) is 5.91 Å². The summed E-state index contributed by atoms with van der Waals surface area (Å²) in [5.74, 6) is 0.258. The minimum absolute atomic E-state index is 0.248. The van der Waals surface area contributed by atoms with E-state index in [0.717, 1.165) is 5.56 Å². The summed E-state index contributed by atoms with van der Waals surface area (Å²) in [4.78, 5) is 30.0. The summed E-state index contributed by atoms with van der Waals surface area (Å²) in [5.41, 5.74) is 3.15. The Morgan fingerprint density at radius 1 is 0.941 bits per heavy atom. The number of hydrogen-bond acceptors (Lipinski definition) is 6. The Bertz CT molecular complexity index is 1360. The van der Waals surface area contributed by atoms with Crippen molar-refractivity contribution in [3.8, 4) is 5.75 Å². The van der Waals surface area contributed by atoms with Crippen LogP contribution < -0.4 is 15.4 Å². The molecule has 3 aromatic carbocycles. The Morgan fingerprint density at radius 3 is 2.32 bits per heavy atom. The first-order valence-electron chi connectivity index (χ1n) is 10.7. The Morgan fingerprint density at radius 2 is 1.62 bits per heavy atom. The maximum atomic E-state index is 13.3. The zero-order valence-electron chi connectivity index (χ0n) is 18.3. The molecule has 168 valence electrons. The number of amides is 1. The van der Waals surface area contributed by atoms with Crippen molar-refractivity contribution in [3.63, 3.8) is 0 Å². The fourth-order valence-electron chi connectivity index (χ4n) is 3.87. The molecule has 0 bridgehead atoms. The maximum absolute atomic E-state index is 13.3. The number of esters is 1. The summed E-state index contributed by atoms with van der Waals surface area (Å²) in [6.45, 7) is 1.83. The second-order valence-electron chi connectivity index (χ2n) is 7.74. The van der Waals surface area contributed by atoms with Crippen molar-refractivity contribution in [3.05, 3.63) is 114 Å². The number of nitrogens with one attached hydrogen (secondary N) is 2. The molecule has 34 heavy (non-hydrogen) atoms. The molecular weight excluding hydrogens is 430 g/mol. The van der Waals surface area contributed by atoms with Crippen molar-refractivity contribution in [2.45, 2.75) is 13.0 Å². The summed E-state index contributed by atoms with van der Waals surface area (Å²) in [7, 11) is 0. The molecule has 8 heteroatoms. The van der Waals surface area contributed by atoms with E-state index < -0.39 is 12.0 Å². The van der Waals surface area contributed by atoms with Crippen LogP contribution in [0.1, 0.15) is 28.9 Å². The monoisotopic (exact) mass is 451 g/mol. The fourth-order valence-corrected chi connectivity index (χ4v) is 3.87. The van der Waals surface area contributed by atoms with E-state index in [9.17, 15) is 9.59 Å². The standard InChI is InChI=1S/C26H21N5O3/c1-17-22(24(32)30-20-10-6-3-7-11-20)23(31-26(29-17)27-16-28-31)18-12-14-21(15-13-18)34-25(33)19-8-4-2-5-9-19/h2-16,23H,1H3,(H,30,32)(H,27,28,29). The van der Waals surface area contributed by atoms with Gasteiger partial charge in [-0.3, -0.25) is 4.79 Å². The molecule has 1 aliphatic heterocycles. The van der Waals surface area contributed by atoms with Gasteiger partial charge >= 0.3 is 5.97 Å². The number of aromatic nitrogens is 3. The summed E-state index contributed by atoms with van der Waals surface area (Å²) in [5, 5.41) is 10.4. The molecule has 4 aromatic rings. The molecule has 1 unspecified atom stereocenters. The lowest BCUT2D eigenvalue weighted by Gasteiger charge is -2.28. The van der Waals surface area contributed by atoms with Gasteiger partial charge in [-0.25, -0.2) is 9.48 Å². The van der Waals surface area contributed by atoms with Gasteiger partial charge in [0.2, 0.25) is 5.95 Å². The molecule has 2 N–H and O–H groups in total. The number of para-hydroxylation sites is 1. The van der Waals surface area contributed by atoms with Crippen molar-refractivity contribution >= 4 is 23.5 Å². The summed E-state index contributed by atoms with van der Waals surface area (Å²) in [6.07, 6.45) is 1.44. The Kier molecular flexibility index (Phi) is 5.61. The molecule has 0 spiro atoms. The Labute approximate surface area is 195 Å². The van der Waals surface area contributed by atoms with Crippen LogP contribution in [0.4, 0.5) is 11.6 Å². The number of nitrogens with zero attached hydrogens (tertiary/aromatic N) is 3. The highest BCUT2D eigenvalue weighted by molar-refractivity contribution is 6.06. The van der Waals surface area contributed by atoms with E-state index in [1.807, 2.05) is 55.5 Å². The number of benzene rings is 3. The first kappa shape index (κ1) is 21.1. The second kappa shape index (κ2) is 9.03. The van der Waals surface area contributed by atoms with Gasteiger partial charge in [0, 0.05) is 11.4 Å². The van der Waals surface area contributed by atoms with Gasteiger partial charge in [-0.05, 0) is 48.9 Å². The highest BCUT2D eigenvalue weighted by atomic mass is 16.5. The number of rotatable bonds is 5. The van der Waals surface area contributed by atoms with Gasteiger partial charge in [-0.1, -0.05) is 48.5 Å². The summed E-state index contributed by atoms with van der Waals surface area (Å²) >= 11 is 0. The van der Waals surface area contributed by atoms with Gasteiger partial charge in [-0.2, -0.15) is 10.1 Å². The maximum Gasteiger partial charge on any atom is 0.343 e. The molecule has 0 aliphatic carbocycles. The lowest BCUT2D eigenvalue weighted by atomic mass is 9.95. The molecule has 0 fully saturated rings. The van der Waals surface area contributed by atoms with Crippen molar-refractivity contribution < 1.29 is 14.3 Å². The van der Waals surface area contributed by atoms with Gasteiger partial charge in [0.05, 0.1) is 11.1 Å². The van der Waals surface area contributed by atoms with Crippen molar-refractivity contribution in [1.82, 2.24) is 14.8 Å². The zero-order valence-corrected chi connectivity index (χ0v) is 18.3. The van der Waals surface area contributed by atoms with Crippen LogP contribution in [0.25, 0.3) is 0 Å². The van der Waals surface area contributed by atoms with Crippen molar-refractivity contribution in [2.75, 3.05) is 10.6 Å². The lowest BCUT2D eigenvalue weighted by molar-refractivity contribution is -0.113. The Hall–Kier alpha value is -4.72. The quantitative estimate of drug-likeness (QED) is 0.344. The number of ether oxygens (including phenoxy) is 1. The molecule has 1 atom stereocenters. The molecule has 5 rings (SSSR count). The number of anilines is 2. The SMILES string of the molecule is CC1=C(C(=O)Nc2ccccc2)C(c2ccc(OC(=O)c3ccccc3)cc2)n2ncnc2N1. The van der Waals surface area contributed by atoms with Crippen LogP contribution in [0.2, 0.25) is 0 Å². The van der Waals surface area contributed by atoms with E-state index in [2.05, 4.69) is 20.7 Å². The van der Waals surface area contributed by atoms with E-state index in [1.54, 1.807) is 41.1 Å². The van der Waals surface area contributed by atoms with E-state index >= 15 is 0 Å². The second-order valence-corrected chi connectivity index (χ2v) is 7.74. The van der Waals surface area contributed by atoms with E-state index in [4.69, 9.17) is 4.74 Å². The number of hydrogen-bond donors (Lipinski definition) is 2. The van der Waals surface area contributed by atoms with Crippen LogP contribution in [0, 0.1) is 0 Å². The molecule has 2 heterocycles. The van der Waals surface area contributed by atoms with Crippen molar-refractivity contribution in [1.29, 1.82) is 0 Å². The average molecular weight is 451 g/mol. The van der Waals surface area contributed by atoms with Gasteiger partial charge in [-0.15, -0.1) is 0 Å². The summed E-state index contributed by atoms with van der Waals surface area (Å²) in [6, 6.07) is 24.6. The van der Waals surface area contributed by atoms with E-state index in [1.165, 1.54) is 6.33 Å². The molecule has 0 radical (unpaired) electrons. The molecule has 1 amide bonds. The third-order valence-corrected chi connectivity index (χ3v) is 5.49. The number of carbonyl (C=O) groups is 2. The third-order valence-electron chi connectivity index (χ3n) is 5.49. The minimum Gasteiger partial charge on any atom is -0.423 e. The predicted octanol–water partition coefficient (Wildman–Crippen LogP) is 4.42. The predicted molar refractivity (Wildman–Crippen MR) is 127 cm³/mol. The van der Waals surface area contributed by atoms with Crippen LogP contribution in [0.15, 0.2) is 103 Å². The van der Waals surface area contributed by atoms with Gasteiger partial charge in [0.15, 0.2) is 0 Å². The minimum atomic E-state index is -0.513. The smallest absolute Gasteiger partial charge is 0.343 e. The molecule has 0 saturated carbocycles. The normalized spacial score (nSPS) is 14.7. The first-order valence-corrected chi connectivity index (χ1v) is 10.7. The zero-order chi connectivity index (χ0) is 23.5. The Balaban J connectivity index is 1.44. The van der Waals surface area contributed by atoms with Crippen LogP contribution in [-0.2, 0) is 4.79 Å². The highest BCUT2D eigenvalue weighted by Crippen LogP contribution is 2.35. The average Bonchev–Trinajstić information content (AvgIpc) is 3.33.